The minimum atomic E-state index is -0.103. The third kappa shape index (κ3) is 6.52. The van der Waals surface area contributed by atoms with Gasteiger partial charge in [-0.15, -0.1) is 24.0 Å². The van der Waals surface area contributed by atoms with Crippen molar-refractivity contribution in [2.45, 2.75) is 12.5 Å². The number of nitrogens with zero attached hydrogens (tertiary/aromatic N) is 2. The number of rotatable bonds is 6. The summed E-state index contributed by atoms with van der Waals surface area (Å²) >= 11 is 0. The van der Waals surface area contributed by atoms with Crippen molar-refractivity contribution in [1.29, 1.82) is 0 Å². The molecule has 1 fully saturated rings. The Morgan fingerprint density at radius 3 is 2.80 bits per heavy atom. The maximum atomic E-state index is 5.91. The van der Waals surface area contributed by atoms with Crippen LogP contribution >= 0.6 is 24.0 Å². The lowest BCUT2D eigenvalue weighted by Crippen LogP contribution is -2.39. The van der Waals surface area contributed by atoms with E-state index in [0.29, 0.717) is 19.1 Å². The molecule has 140 valence electrons. The van der Waals surface area contributed by atoms with Crippen LogP contribution in [0.15, 0.2) is 29.3 Å². The first-order valence-corrected chi connectivity index (χ1v) is 8.53. The average Bonchev–Trinajstić information content (AvgIpc) is 2.64. The first-order valence-electron chi connectivity index (χ1n) is 8.53. The van der Waals surface area contributed by atoms with E-state index in [1.165, 1.54) is 0 Å². The SMILES string of the molecule is I.NC(=NCC1COc2ccccc2O1)NCCCN1CCOCC1. The molecule has 0 radical (unpaired) electrons. The third-order valence-corrected chi connectivity index (χ3v) is 4.09. The molecule has 2 heterocycles. The zero-order valence-electron chi connectivity index (χ0n) is 14.4. The van der Waals surface area contributed by atoms with Crippen LogP contribution in [0.4, 0.5) is 0 Å². The van der Waals surface area contributed by atoms with E-state index < -0.39 is 0 Å². The third-order valence-electron chi connectivity index (χ3n) is 4.09. The first-order chi connectivity index (χ1) is 11.8. The highest BCUT2D eigenvalue weighted by molar-refractivity contribution is 14.0. The fourth-order valence-corrected chi connectivity index (χ4v) is 2.75. The number of nitrogens with two attached hydrogens (primary N) is 1. The molecule has 0 aliphatic carbocycles. The van der Waals surface area contributed by atoms with Crippen LogP contribution in [0, 0.1) is 0 Å². The smallest absolute Gasteiger partial charge is 0.188 e. The van der Waals surface area contributed by atoms with Gasteiger partial charge in [0.2, 0.25) is 0 Å². The van der Waals surface area contributed by atoms with Gasteiger partial charge in [-0.3, -0.25) is 4.90 Å². The van der Waals surface area contributed by atoms with E-state index in [2.05, 4.69) is 15.2 Å². The molecule has 2 aliphatic rings. The summed E-state index contributed by atoms with van der Waals surface area (Å²) in [7, 11) is 0. The zero-order valence-corrected chi connectivity index (χ0v) is 16.7. The summed E-state index contributed by atoms with van der Waals surface area (Å²) in [5.41, 5.74) is 5.91. The van der Waals surface area contributed by atoms with Crippen LogP contribution in [-0.2, 0) is 4.74 Å². The van der Waals surface area contributed by atoms with Crippen molar-refractivity contribution in [3.8, 4) is 11.5 Å². The molecule has 1 atom stereocenters. The van der Waals surface area contributed by atoms with E-state index in [4.69, 9.17) is 19.9 Å². The summed E-state index contributed by atoms with van der Waals surface area (Å²) in [4.78, 5) is 6.76. The van der Waals surface area contributed by atoms with Crippen molar-refractivity contribution < 1.29 is 14.2 Å². The Bertz CT molecular complexity index is 552. The van der Waals surface area contributed by atoms with E-state index in [9.17, 15) is 0 Å². The Kier molecular flexibility index (Phi) is 8.56. The second-order valence-corrected chi connectivity index (χ2v) is 5.96. The second kappa shape index (κ2) is 10.7. The van der Waals surface area contributed by atoms with Gasteiger partial charge in [-0.05, 0) is 25.1 Å². The van der Waals surface area contributed by atoms with Crippen molar-refractivity contribution in [2.24, 2.45) is 10.7 Å². The maximum Gasteiger partial charge on any atom is 0.188 e. The van der Waals surface area contributed by atoms with E-state index in [0.717, 1.165) is 57.3 Å². The van der Waals surface area contributed by atoms with Crippen molar-refractivity contribution in [2.75, 3.05) is 52.5 Å². The van der Waals surface area contributed by atoms with Gasteiger partial charge < -0.3 is 25.3 Å². The second-order valence-electron chi connectivity index (χ2n) is 5.96. The molecule has 1 unspecified atom stereocenters. The summed E-state index contributed by atoms with van der Waals surface area (Å²) in [6, 6.07) is 7.66. The molecule has 0 aromatic heterocycles. The quantitative estimate of drug-likeness (QED) is 0.285. The molecule has 3 N–H and O–H groups in total. The number of halogens is 1. The van der Waals surface area contributed by atoms with E-state index in [1.807, 2.05) is 24.3 Å². The normalized spacial score (nSPS) is 20.6. The molecule has 8 heteroatoms. The van der Waals surface area contributed by atoms with Gasteiger partial charge in [-0.1, -0.05) is 12.1 Å². The highest BCUT2D eigenvalue weighted by atomic mass is 127. The molecule has 1 saturated heterocycles. The Labute approximate surface area is 165 Å². The predicted octanol–water partition coefficient (Wildman–Crippen LogP) is 1.07. The molecule has 0 amide bonds. The molecule has 2 aliphatic heterocycles. The number of ether oxygens (including phenoxy) is 3. The van der Waals surface area contributed by atoms with E-state index in [1.54, 1.807) is 0 Å². The van der Waals surface area contributed by atoms with Crippen molar-refractivity contribution in [1.82, 2.24) is 10.2 Å². The van der Waals surface area contributed by atoms with Gasteiger partial charge >= 0.3 is 0 Å². The highest BCUT2D eigenvalue weighted by Gasteiger charge is 2.20. The summed E-state index contributed by atoms with van der Waals surface area (Å²) in [5.74, 6) is 2.01. The van der Waals surface area contributed by atoms with Gasteiger partial charge in [-0.25, -0.2) is 4.99 Å². The number of hydrogen-bond donors (Lipinski definition) is 2. The number of nitrogens with one attached hydrogen (secondary N) is 1. The summed E-state index contributed by atoms with van der Waals surface area (Å²) in [6.07, 6.45) is 0.931. The molecule has 0 spiro atoms. The number of aliphatic imine (C=N–C) groups is 1. The zero-order chi connectivity index (χ0) is 16.6. The maximum absolute atomic E-state index is 5.91. The molecule has 7 nitrogen and oxygen atoms in total. The molecule has 0 bridgehead atoms. The van der Waals surface area contributed by atoms with Gasteiger partial charge in [0.1, 0.15) is 6.61 Å². The topological polar surface area (TPSA) is 81.3 Å². The monoisotopic (exact) mass is 462 g/mol. The number of guanidine groups is 1. The van der Waals surface area contributed by atoms with Gasteiger partial charge in [0.05, 0.1) is 19.8 Å². The van der Waals surface area contributed by atoms with Crippen LogP contribution < -0.4 is 20.5 Å². The fraction of sp³-hybridized carbons (Fsp3) is 0.588. The largest absolute Gasteiger partial charge is 0.486 e. The van der Waals surface area contributed by atoms with E-state index >= 15 is 0 Å². The van der Waals surface area contributed by atoms with Crippen LogP contribution in [0.5, 0.6) is 11.5 Å². The molecule has 25 heavy (non-hydrogen) atoms. The standard InChI is InChI=1S/C17H26N4O3.HI/c18-17(19-6-3-7-21-8-10-22-11-9-21)20-12-14-13-23-15-4-1-2-5-16(15)24-14;/h1-2,4-5,14H,3,6-13H2,(H3,18,19,20);1H. The lowest BCUT2D eigenvalue weighted by Gasteiger charge is -2.26. The molecule has 3 rings (SSSR count). The van der Waals surface area contributed by atoms with Gasteiger partial charge in [0.25, 0.3) is 0 Å². The van der Waals surface area contributed by atoms with Crippen LogP contribution in [-0.4, -0.2) is 69.5 Å². The Hall–Kier alpha value is -1.26. The van der Waals surface area contributed by atoms with Crippen LogP contribution in [0.25, 0.3) is 0 Å². The molecule has 0 saturated carbocycles. The van der Waals surface area contributed by atoms with Crippen molar-refractivity contribution in [3.05, 3.63) is 24.3 Å². The molecule has 1 aromatic rings. The summed E-state index contributed by atoms with van der Waals surface area (Å²) < 4.78 is 16.9. The molecule has 1 aromatic carbocycles. The summed E-state index contributed by atoms with van der Waals surface area (Å²) in [6.45, 7) is 6.56. The number of hydrogen-bond acceptors (Lipinski definition) is 5. The number of para-hydroxylation sites is 2. The number of fused-ring (bicyclic) bond motifs is 1. The van der Waals surface area contributed by atoms with Gasteiger partial charge in [-0.2, -0.15) is 0 Å². The summed E-state index contributed by atoms with van der Waals surface area (Å²) in [5, 5.41) is 3.15. The van der Waals surface area contributed by atoms with Gasteiger partial charge in [0.15, 0.2) is 23.6 Å². The van der Waals surface area contributed by atoms with Crippen molar-refractivity contribution in [3.63, 3.8) is 0 Å². The lowest BCUT2D eigenvalue weighted by atomic mass is 10.2. The number of morpholine rings is 1. The minimum Gasteiger partial charge on any atom is -0.486 e. The Balaban J connectivity index is 0.00000225. The average molecular weight is 462 g/mol. The molecular formula is C17H27IN4O3. The lowest BCUT2D eigenvalue weighted by molar-refractivity contribution is 0.0376. The fourth-order valence-electron chi connectivity index (χ4n) is 2.75. The van der Waals surface area contributed by atoms with Crippen LogP contribution in [0.3, 0.4) is 0 Å². The molecular weight excluding hydrogens is 435 g/mol. The van der Waals surface area contributed by atoms with Crippen molar-refractivity contribution >= 4 is 29.9 Å². The van der Waals surface area contributed by atoms with E-state index in [-0.39, 0.29) is 30.1 Å². The first kappa shape index (κ1) is 20.1. The predicted molar refractivity (Wildman–Crippen MR) is 108 cm³/mol. The highest BCUT2D eigenvalue weighted by Crippen LogP contribution is 2.30. The Morgan fingerprint density at radius 2 is 2.00 bits per heavy atom. The Morgan fingerprint density at radius 1 is 1.24 bits per heavy atom. The van der Waals surface area contributed by atoms with Crippen LogP contribution in [0.1, 0.15) is 6.42 Å². The minimum absolute atomic E-state index is 0. The van der Waals surface area contributed by atoms with Gasteiger partial charge in [0, 0.05) is 19.6 Å². The number of benzene rings is 1. The van der Waals surface area contributed by atoms with Crippen LogP contribution in [0.2, 0.25) is 0 Å².